The molecule has 0 spiro atoms. The number of hydrogen-bond donors (Lipinski definition) is 1. The molecule has 0 aromatic heterocycles. The van der Waals surface area contributed by atoms with E-state index in [0.717, 1.165) is 24.9 Å². The maximum absolute atomic E-state index is 13.3. The molecule has 0 aliphatic rings. The van der Waals surface area contributed by atoms with Crippen LogP contribution in [0.4, 0.5) is 4.39 Å². The molecule has 0 radical (unpaired) electrons. The highest BCUT2D eigenvalue weighted by Gasteiger charge is 2.16. The first-order valence-corrected chi connectivity index (χ1v) is 6.57. The highest BCUT2D eigenvalue weighted by atomic mass is 19.1. The van der Waals surface area contributed by atoms with Gasteiger partial charge in [-0.15, -0.1) is 0 Å². The van der Waals surface area contributed by atoms with Crippen LogP contribution in [0.3, 0.4) is 0 Å². The highest BCUT2D eigenvalue weighted by Crippen LogP contribution is 2.26. The van der Waals surface area contributed by atoms with Crippen molar-refractivity contribution in [1.82, 2.24) is 5.32 Å². The van der Waals surface area contributed by atoms with Crippen LogP contribution in [0.25, 0.3) is 0 Å². The van der Waals surface area contributed by atoms with Crippen molar-refractivity contribution in [2.75, 3.05) is 6.54 Å². The molecule has 0 amide bonds. The minimum atomic E-state index is -0.141. The summed E-state index contributed by atoms with van der Waals surface area (Å²) in [6.45, 7) is 9.51. The lowest BCUT2D eigenvalue weighted by Crippen LogP contribution is -2.23. The molecule has 0 heterocycles. The van der Waals surface area contributed by atoms with E-state index in [-0.39, 0.29) is 11.9 Å². The Morgan fingerprint density at radius 1 is 1.29 bits per heavy atom. The van der Waals surface area contributed by atoms with Crippen LogP contribution in [0.2, 0.25) is 0 Å². The second kappa shape index (κ2) is 6.75. The molecular weight excluding hydrogens is 213 g/mol. The molecule has 1 rings (SSSR count). The van der Waals surface area contributed by atoms with Crippen molar-refractivity contribution in [3.63, 3.8) is 0 Å². The summed E-state index contributed by atoms with van der Waals surface area (Å²) in [7, 11) is 0. The Labute approximate surface area is 104 Å². The summed E-state index contributed by atoms with van der Waals surface area (Å²) in [6, 6.07) is 5.34. The van der Waals surface area contributed by atoms with Crippen molar-refractivity contribution in [2.45, 2.75) is 46.6 Å². The third-order valence-electron chi connectivity index (χ3n) is 3.40. The van der Waals surface area contributed by atoms with Crippen LogP contribution < -0.4 is 5.32 Å². The maximum atomic E-state index is 13.3. The Morgan fingerprint density at radius 2 is 2.00 bits per heavy atom. The number of hydrogen-bond acceptors (Lipinski definition) is 1. The van der Waals surface area contributed by atoms with E-state index in [9.17, 15) is 4.39 Å². The van der Waals surface area contributed by atoms with E-state index in [1.807, 2.05) is 6.07 Å². The number of aryl methyl sites for hydroxylation is 1. The standard InChI is InChI=1S/C15H24FN/c1-5-11(3)9-15(17-6-2)14-10-13(16)8-7-12(14)4/h7-8,10-11,15,17H,5-6,9H2,1-4H3. The molecule has 1 nitrogen and oxygen atoms in total. The monoisotopic (exact) mass is 237 g/mol. The SMILES string of the molecule is CCNC(CC(C)CC)c1cc(F)ccc1C. The summed E-state index contributed by atoms with van der Waals surface area (Å²) in [5, 5.41) is 3.47. The maximum Gasteiger partial charge on any atom is 0.123 e. The van der Waals surface area contributed by atoms with Crippen LogP contribution in [0, 0.1) is 18.7 Å². The van der Waals surface area contributed by atoms with Crippen molar-refractivity contribution in [3.05, 3.63) is 35.1 Å². The van der Waals surface area contributed by atoms with Gasteiger partial charge in [-0.2, -0.15) is 0 Å². The molecule has 0 saturated carbocycles. The Bertz CT molecular complexity index is 349. The first kappa shape index (κ1) is 14.2. The van der Waals surface area contributed by atoms with E-state index in [4.69, 9.17) is 0 Å². The molecule has 0 saturated heterocycles. The van der Waals surface area contributed by atoms with Gasteiger partial charge in [-0.05, 0) is 49.1 Å². The van der Waals surface area contributed by atoms with Crippen molar-refractivity contribution in [1.29, 1.82) is 0 Å². The van der Waals surface area contributed by atoms with E-state index in [1.54, 1.807) is 6.07 Å². The van der Waals surface area contributed by atoms with Gasteiger partial charge in [-0.3, -0.25) is 0 Å². The van der Waals surface area contributed by atoms with Gasteiger partial charge in [0.15, 0.2) is 0 Å². The Balaban J connectivity index is 2.91. The molecule has 0 aliphatic carbocycles. The molecule has 1 aromatic carbocycles. The van der Waals surface area contributed by atoms with Gasteiger partial charge in [-0.1, -0.05) is 33.3 Å². The first-order chi connectivity index (χ1) is 8.08. The van der Waals surface area contributed by atoms with E-state index in [2.05, 4.69) is 33.0 Å². The molecular formula is C15H24FN. The van der Waals surface area contributed by atoms with Crippen LogP contribution in [0.5, 0.6) is 0 Å². The normalized spacial score (nSPS) is 14.6. The fraction of sp³-hybridized carbons (Fsp3) is 0.600. The van der Waals surface area contributed by atoms with Gasteiger partial charge in [0, 0.05) is 6.04 Å². The topological polar surface area (TPSA) is 12.0 Å². The number of benzene rings is 1. The summed E-state index contributed by atoms with van der Waals surface area (Å²) in [5.74, 6) is 0.513. The third-order valence-corrected chi connectivity index (χ3v) is 3.40. The molecule has 1 N–H and O–H groups in total. The smallest absolute Gasteiger partial charge is 0.123 e. The van der Waals surface area contributed by atoms with Crippen molar-refractivity contribution >= 4 is 0 Å². The lowest BCUT2D eigenvalue weighted by atomic mass is 9.92. The van der Waals surface area contributed by atoms with Crippen LogP contribution in [-0.2, 0) is 0 Å². The summed E-state index contributed by atoms with van der Waals surface area (Å²) in [6.07, 6.45) is 2.23. The van der Waals surface area contributed by atoms with E-state index in [0.29, 0.717) is 5.92 Å². The van der Waals surface area contributed by atoms with E-state index >= 15 is 0 Å². The largest absolute Gasteiger partial charge is 0.310 e. The second-order valence-corrected chi connectivity index (χ2v) is 4.86. The lowest BCUT2D eigenvalue weighted by molar-refractivity contribution is 0.406. The predicted molar refractivity (Wildman–Crippen MR) is 71.6 cm³/mol. The van der Waals surface area contributed by atoms with Crippen LogP contribution in [-0.4, -0.2) is 6.54 Å². The average Bonchev–Trinajstić information content (AvgIpc) is 2.31. The summed E-state index contributed by atoms with van der Waals surface area (Å²) in [5.41, 5.74) is 2.27. The van der Waals surface area contributed by atoms with E-state index < -0.39 is 0 Å². The molecule has 0 bridgehead atoms. The zero-order valence-electron chi connectivity index (χ0n) is 11.4. The number of nitrogens with one attached hydrogen (secondary N) is 1. The Morgan fingerprint density at radius 3 is 2.59 bits per heavy atom. The molecule has 96 valence electrons. The minimum Gasteiger partial charge on any atom is -0.310 e. The second-order valence-electron chi connectivity index (χ2n) is 4.86. The van der Waals surface area contributed by atoms with Gasteiger partial charge in [0.1, 0.15) is 5.82 Å². The molecule has 0 fully saturated rings. The van der Waals surface area contributed by atoms with Crippen molar-refractivity contribution < 1.29 is 4.39 Å². The Hall–Kier alpha value is -0.890. The average molecular weight is 237 g/mol. The van der Waals surface area contributed by atoms with Crippen LogP contribution in [0.1, 0.15) is 50.8 Å². The highest BCUT2D eigenvalue weighted by molar-refractivity contribution is 5.29. The number of halogens is 1. The fourth-order valence-corrected chi connectivity index (χ4v) is 2.12. The van der Waals surface area contributed by atoms with Gasteiger partial charge in [0.05, 0.1) is 0 Å². The van der Waals surface area contributed by atoms with E-state index in [1.165, 1.54) is 11.6 Å². The molecule has 2 heteroatoms. The molecule has 1 aromatic rings. The summed E-state index contributed by atoms with van der Waals surface area (Å²) >= 11 is 0. The zero-order chi connectivity index (χ0) is 12.8. The summed E-state index contributed by atoms with van der Waals surface area (Å²) < 4.78 is 13.3. The molecule has 17 heavy (non-hydrogen) atoms. The van der Waals surface area contributed by atoms with Crippen molar-refractivity contribution in [3.8, 4) is 0 Å². The van der Waals surface area contributed by atoms with Gasteiger partial charge in [0.2, 0.25) is 0 Å². The quantitative estimate of drug-likeness (QED) is 0.781. The minimum absolute atomic E-state index is 0.141. The zero-order valence-corrected chi connectivity index (χ0v) is 11.4. The molecule has 0 aliphatic heterocycles. The molecule has 2 atom stereocenters. The lowest BCUT2D eigenvalue weighted by Gasteiger charge is -2.23. The first-order valence-electron chi connectivity index (χ1n) is 6.57. The van der Waals surface area contributed by atoms with Gasteiger partial charge in [-0.25, -0.2) is 4.39 Å². The van der Waals surface area contributed by atoms with Crippen LogP contribution >= 0.6 is 0 Å². The van der Waals surface area contributed by atoms with Crippen molar-refractivity contribution in [2.24, 2.45) is 5.92 Å². The van der Waals surface area contributed by atoms with Gasteiger partial charge in [0.25, 0.3) is 0 Å². The predicted octanol–water partition coefficient (Wildman–Crippen LogP) is 4.22. The van der Waals surface area contributed by atoms with Gasteiger partial charge < -0.3 is 5.32 Å². The Kier molecular flexibility index (Phi) is 5.63. The third kappa shape index (κ3) is 4.12. The fourth-order valence-electron chi connectivity index (χ4n) is 2.12. The summed E-state index contributed by atoms with van der Waals surface area (Å²) in [4.78, 5) is 0. The molecule has 2 unspecified atom stereocenters. The van der Waals surface area contributed by atoms with Crippen LogP contribution in [0.15, 0.2) is 18.2 Å². The number of rotatable bonds is 6. The van der Waals surface area contributed by atoms with Gasteiger partial charge >= 0.3 is 0 Å².